The molecular formula is C15H18N2O3S. The Morgan fingerprint density at radius 3 is 2.90 bits per heavy atom. The molecule has 0 atom stereocenters. The molecule has 0 fully saturated rings. The number of hydrogen-bond donors (Lipinski definition) is 1. The molecule has 0 spiro atoms. The van der Waals surface area contributed by atoms with Gasteiger partial charge in [0.25, 0.3) is 0 Å². The standard InChI is InChI=1S/C15H18N2O3S/c1-10(2)12-9-21-14(16-12)13-5-4-6-17(13)7-11(8-20-3)15(18)19/h4-6,8-10H,7H2,1-3H3,(H,18,19)/b11-8-. The molecule has 5 nitrogen and oxygen atoms in total. The maximum Gasteiger partial charge on any atom is 0.336 e. The minimum absolute atomic E-state index is 0.190. The zero-order valence-corrected chi connectivity index (χ0v) is 13.1. The number of methoxy groups -OCH3 is 1. The summed E-state index contributed by atoms with van der Waals surface area (Å²) in [5.74, 6) is -0.611. The van der Waals surface area contributed by atoms with Gasteiger partial charge in [0.05, 0.1) is 36.9 Å². The van der Waals surface area contributed by atoms with Gasteiger partial charge in [-0.05, 0) is 18.1 Å². The Hall–Kier alpha value is -2.08. The van der Waals surface area contributed by atoms with E-state index in [-0.39, 0.29) is 12.1 Å². The number of carboxylic acid groups (broad SMARTS) is 1. The van der Waals surface area contributed by atoms with Gasteiger partial charge in [0.15, 0.2) is 0 Å². The van der Waals surface area contributed by atoms with Crippen LogP contribution in [0.4, 0.5) is 0 Å². The summed E-state index contributed by atoms with van der Waals surface area (Å²) >= 11 is 1.57. The highest BCUT2D eigenvalue weighted by Crippen LogP contribution is 2.27. The van der Waals surface area contributed by atoms with E-state index in [9.17, 15) is 4.79 Å². The smallest absolute Gasteiger partial charge is 0.336 e. The first-order valence-corrected chi connectivity index (χ1v) is 7.47. The number of carbonyl (C=O) groups is 1. The number of aromatic nitrogens is 2. The largest absolute Gasteiger partial charge is 0.504 e. The van der Waals surface area contributed by atoms with Crippen molar-refractivity contribution in [2.75, 3.05) is 7.11 Å². The number of hydrogen-bond acceptors (Lipinski definition) is 4. The van der Waals surface area contributed by atoms with E-state index in [1.807, 2.05) is 28.3 Å². The molecule has 0 saturated carbocycles. The van der Waals surface area contributed by atoms with Crippen LogP contribution in [0.1, 0.15) is 25.5 Å². The molecule has 0 radical (unpaired) electrons. The van der Waals surface area contributed by atoms with E-state index < -0.39 is 5.97 Å². The van der Waals surface area contributed by atoms with Crippen LogP contribution in [0.15, 0.2) is 35.5 Å². The molecule has 21 heavy (non-hydrogen) atoms. The second kappa shape index (κ2) is 6.58. The SMILES string of the molecule is CO/C=C(/Cn1cccc1-c1nc(C(C)C)cs1)C(=O)O. The van der Waals surface area contributed by atoms with E-state index in [1.54, 1.807) is 11.3 Å². The molecule has 2 rings (SSSR count). The molecule has 1 N–H and O–H groups in total. The fourth-order valence-electron chi connectivity index (χ4n) is 1.90. The van der Waals surface area contributed by atoms with Gasteiger partial charge in [-0.3, -0.25) is 0 Å². The lowest BCUT2D eigenvalue weighted by atomic mass is 10.2. The summed E-state index contributed by atoms with van der Waals surface area (Å²) < 4.78 is 6.69. The van der Waals surface area contributed by atoms with Gasteiger partial charge in [-0.15, -0.1) is 11.3 Å². The minimum Gasteiger partial charge on any atom is -0.504 e. The minimum atomic E-state index is -0.987. The van der Waals surface area contributed by atoms with Crippen molar-refractivity contribution in [1.29, 1.82) is 0 Å². The molecule has 2 heterocycles. The highest BCUT2D eigenvalue weighted by atomic mass is 32.1. The third kappa shape index (κ3) is 3.52. The highest BCUT2D eigenvalue weighted by Gasteiger charge is 2.14. The van der Waals surface area contributed by atoms with Gasteiger partial charge in [-0.2, -0.15) is 0 Å². The van der Waals surface area contributed by atoms with Crippen LogP contribution in [0, 0.1) is 0 Å². The summed E-state index contributed by atoms with van der Waals surface area (Å²) in [6.45, 7) is 4.44. The second-order valence-electron chi connectivity index (χ2n) is 4.94. The number of ether oxygens (including phenoxy) is 1. The molecule has 0 aliphatic heterocycles. The van der Waals surface area contributed by atoms with Gasteiger partial charge in [0.2, 0.25) is 0 Å². The predicted molar refractivity (Wildman–Crippen MR) is 82.4 cm³/mol. The fourth-order valence-corrected chi connectivity index (χ4v) is 2.92. The lowest BCUT2D eigenvalue weighted by molar-refractivity contribution is -0.133. The number of rotatable bonds is 6. The normalized spacial score (nSPS) is 11.9. The summed E-state index contributed by atoms with van der Waals surface area (Å²) in [6.07, 6.45) is 3.10. The zero-order valence-electron chi connectivity index (χ0n) is 12.2. The number of nitrogens with zero attached hydrogens (tertiary/aromatic N) is 2. The van der Waals surface area contributed by atoms with E-state index in [4.69, 9.17) is 9.84 Å². The first kappa shape index (κ1) is 15.3. The average molecular weight is 306 g/mol. The van der Waals surface area contributed by atoms with Gasteiger partial charge in [0, 0.05) is 11.6 Å². The van der Waals surface area contributed by atoms with Crippen molar-refractivity contribution < 1.29 is 14.6 Å². The molecule has 0 aromatic carbocycles. The Bertz CT molecular complexity index is 655. The summed E-state index contributed by atoms with van der Waals surface area (Å²) in [5.41, 5.74) is 2.15. The Kier molecular flexibility index (Phi) is 4.80. The summed E-state index contributed by atoms with van der Waals surface area (Å²) in [6, 6.07) is 3.83. The average Bonchev–Trinajstić information content (AvgIpc) is 3.05. The fraction of sp³-hybridized carbons (Fsp3) is 0.333. The third-order valence-electron chi connectivity index (χ3n) is 3.04. The van der Waals surface area contributed by atoms with Crippen molar-refractivity contribution in [2.24, 2.45) is 0 Å². The summed E-state index contributed by atoms with van der Waals surface area (Å²) in [5, 5.41) is 12.1. The van der Waals surface area contributed by atoms with Crippen molar-refractivity contribution in [3.05, 3.63) is 41.2 Å². The van der Waals surface area contributed by atoms with Gasteiger partial charge >= 0.3 is 5.97 Å². The van der Waals surface area contributed by atoms with E-state index >= 15 is 0 Å². The topological polar surface area (TPSA) is 64.4 Å². The first-order chi connectivity index (χ1) is 10.0. The van der Waals surface area contributed by atoms with E-state index in [1.165, 1.54) is 13.4 Å². The third-order valence-corrected chi connectivity index (χ3v) is 3.92. The second-order valence-corrected chi connectivity index (χ2v) is 5.80. The van der Waals surface area contributed by atoms with Crippen molar-refractivity contribution in [1.82, 2.24) is 9.55 Å². The van der Waals surface area contributed by atoms with Crippen molar-refractivity contribution >= 4 is 17.3 Å². The highest BCUT2D eigenvalue weighted by molar-refractivity contribution is 7.13. The van der Waals surface area contributed by atoms with Crippen molar-refractivity contribution in [3.63, 3.8) is 0 Å². The zero-order chi connectivity index (χ0) is 15.4. The molecule has 112 valence electrons. The van der Waals surface area contributed by atoms with Crippen LogP contribution in [-0.2, 0) is 16.1 Å². The molecule has 0 aliphatic carbocycles. The number of aliphatic carboxylic acids is 1. The Morgan fingerprint density at radius 1 is 1.57 bits per heavy atom. The molecule has 2 aromatic heterocycles. The lowest BCUT2D eigenvalue weighted by Crippen LogP contribution is -2.10. The molecule has 0 aliphatic rings. The lowest BCUT2D eigenvalue weighted by Gasteiger charge is -2.08. The van der Waals surface area contributed by atoms with Crippen LogP contribution >= 0.6 is 11.3 Å². The van der Waals surface area contributed by atoms with E-state index in [0.29, 0.717) is 5.92 Å². The Balaban J connectivity index is 2.29. The molecule has 0 saturated heterocycles. The maximum absolute atomic E-state index is 11.2. The van der Waals surface area contributed by atoms with Gasteiger partial charge in [-0.1, -0.05) is 13.8 Å². The van der Waals surface area contributed by atoms with Gasteiger partial charge in [-0.25, -0.2) is 9.78 Å². The predicted octanol–water partition coefficient (Wildman–Crippen LogP) is 3.35. The maximum atomic E-state index is 11.2. The van der Waals surface area contributed by atoms with Crippen molar-refractivity contribution in [3.8, 4) is 10.7 Å². The van der Waals surface area contributed by atoms with Crippen LogP contribution < -0.4 is 0 Å². The van der Waals surface area contributed by atoms with Crippen LogP contribution in [-0.4, -0.2) is 27.7 Å². The molecule has 0 bridgehead atoms. The van der Waals surface area contributed by atoms with E-state index in [0.717, 1.165) is 16.4 Å². The molecule has 0 amide bonds. The number of thiazole rings is 1. The molecule has 2 aromatic rings. The van der Waals surface area contributed by atoms with Crippen LogP contribution in [0.3, 0.4) is 0 Å². The van der Waals surface area contributed by atoms with Gasteiger partial charge in [0.1, 0.15) is 5.01 Å². The molecular weight excluding hydrogens is 288 g/mol. The number of carboxylic acids is 1. The van der Waals surface area contributed by atoms with Crippen LogP contribution in [0.5, 0.6) is 0 Å². The van der Waals surface area contributed by atoms with Gasteiger partial charge < -0.3 is 14.4 Å². The molecule has 6 heteroatoms. The quantitative estimate of drug-likeness (QED) is 0.656. The summed E-state index contributed by atoms with van der Waals surface area (Å²) in [7, 11) is 1.44. The van der Waals surface area contributed by atoms with Crippen molar-refractivity contribution in [2.45, 2.75) is 26.3 Å². The monoisotopic (exact) mass is 306 g/mol. The van der Waals surface area contributed by atoms with Crippen LogP contribution in [0.2, 0.25) is 0 Å². The Morgan fingerprint density at radius 2 is 2.33 bits per heavy atom. The van der Waals surface area contributed by atoms with Crippen LogP contribution in [0.25, 0.3) is 10.7 Å². The first-order valence-electron chi connectivity index (χ1n) is 6.59. The molecule has 0 unspecified atom stereocenters. The van der Waals surface area contributed by atoms with E-state index in [2.05, 4.69) is 18.8 Å². The summed E-state index contributed by atoms with van der Waals surface area (Å²) in [4.78, 5) is 15.8. The Labute approximate surface area is 127 Å².